The molecule has 0 heteroatoms. The van der Waals surface area contributed by atoms with E-state index in [1.54, 1.807) is 0 Å². The predicted molar refractivity (Wildman–Crippen MR) is 50.5 cm³/mol. The summed E-state index contributed by atoms with van der Waals surface area (Å²) in [5, 5.41) is 0. The zero-order valence-corrected chi connectivity index (χ0v) is 7.26. The predicted octanol–water partition coefficient (Wildman–Crippen LogP) is 3.70. The van der Waals surface area contributed by atoms with Crippen LogP contribution in [0.15, 0.2) is 24.8 Å². The first-order valence-electron chi connectivity index (χ1n) is 4.71. The van der Waals surface area contributed by atoms with E-state index in [0.29, 0.717) is 0 Å². The Kier molecular flexibility index (Phi) is 4.03. The molecule has 0 saturated carbocycles. The first-order valence-corrected chi connectivity index (χ1v) is 4.71. The van der Waals surface area contributed by atoms with Crippen LogP contribution in [0.2, 0.25) is 0 Å². The molecule has 0 aromatic carbocycles. The van der Waals surface area contributed by atoms with Gasteiger partial charge in [-0.1, -0.05) is 31.1 Å². The Labute approximate surface area is 70.0 Å². The van der Waals surface area contributed by atoms with Gasteiger partial charge in [0.2, 0.25) is 0 Å². The smallest absolute Gasteiger partial charge is 0.0199 e. The van der Waals surface area contributed by atoms with E-state index in [0.717, 1.165) is 12.3 Å². The summed E-state index contributed by atoms with van der Waals surface area (Å²) >= 11 is 0. The summed E-state index contributed by atoms with van der Waals surface area (Å²) in [6.07, 6.45) is 14.8. The summed E-state index contributed by atoms with van der Waals surface area (Å²) in [6, 6.07) is 0. The second-order valence-corrected chi connectivity index (χ2v) is 3.35. The molecule has 0 heterocycles. The SMILES string of the molecule is C=CCC1/C=C\CCCCC1. The van der Waals surface area contributed by atoms with Gasteiger partial charge in [0.1, 0.15) is 0 Å². The van der Waals surface area contributed by atoms with Crippen LogP contribution in [0.3, 0.4) is 0 Å². The topological polar surface area (TPSA) is 0 Å². The first-order chi connectivity index (χ1) is 5.43. The average molecular weight is 150 g/mol. The molecule has 1 rings (SSSR count). The van der Waals surface area contributed by atoms with Gasteiger partial charge in [-0.3, -0.25) is 0 Å². The molecule has 1 unspecified atom stereocenters. The summed E-state index contributed by atoms with van der Waals surface area (Å²) in [6.45, 7) is 3.77. The molecule has 62 valence electrons. The van der Waals surface area contributed by atoms with Gasteiger partial charge in [0.25, 0.3) is 0 Å². The second-order valence-electron chi connectivity index (χ2n) is 3.35. The normalized spacial score (nSPS) is 28.5. The van der Waals surface area contributed by atoms with Crippen LogP contribution in [0.25, 0.3) is 0 Å². The zero-order valence-electron chi connectivity index (χ0n) is 7.26. The van der Waals surface area contributed by atoms with E-state index < -0.39 is 0 Å². The molecule has 0 fully saturated rings. The van der Waals surface area contributed by atoms with E-state index in [1.165, 1.54) is 32.1 Å². The van der Waals surface area contributed by atoms with E-state index >= 15 is 0 Å². The fourth-order valence-corrected chi connectivity index (χ4v) is 1.64. The third kappa shape index (κ3) is 3.41. The Hall–Kier alpha value is -0.520. The van der Waals surface area contributed by atoms with Gasteiger partial charge in [-0.05, 0) is 31.6 Å². The van der Waals surface area contributed by atoms with Gasteiger partial charge in [0, 0.05) is 0 Å². The Morgan fingerprint density at radius 3 is 3.09 bits per heavy atom. The lowest BCUT2D eigenvalue weighted by Crippen LogP contribution is -1.96. The molecule has 0 nitrogen and oxygen atoms in total. The molecule has 11 heavy (non-hydrogen) atoms. The van der Waals surface area contributed by atoms with E-state index in [-0.39, 0.29) is 0 Å². The van der Waals surface area contributed by atoms with Crippen molar-refractivity contribution in [2.75, 3.05) is 0 Å². The summed E-state index contributed by atoms with van der Waals surface area (Å²) in [5.41, 5.74) is 0. The summed E-state index contributed by atoms with van der Waals surface area (Å²) in [5.74, 6) is 0.785. The molecule has 1 aliphatic rings. The Bertz CT molecular complexity index is 133. The number of hydrogen-bond donors (Lipinski definition) is 0. The van der Waals surface area contributed by atoms with Crippen molar-refractivity contribution in [3.05, 3.63) is 24.8 Å². The van der Waals surface area contributed by atoms with E-state index in [4.69, 9.17) is 0 Å². The quantitative estimate of drug-likeness (QED) is 0.526. The minimum Gasteiger partial charge on any atom is -0.103 e. The molecule has 0 radical (unpaired) electrons. The number of hydrogen-bond acceptors (Lipinski definition) is 0. The highest BCUT2D eigenvalue weighted by atomic mass is 14.1. The molecule has 0 bridgehead atoms. The van der Waals surface area contributed by atoms with Gasteiger partial charge in [-0.15, -0.1) is 6.58 Å². The van der Waals surface area contributed by atoms with Crippen molar-refractivity contribution in [3.8, 4) is 0 Å². The lowest BCUT2D eigenvalue weighted by molar-refractivity contribution is 0.525. The summed E-state index contributed by atoms with van der Waals surface area (Å²) in [7, 11) is 0. The third-order valence-electron chi connectivity index (χ3n) is 2.32. The largest absolute Gasteiger partial charge is 0.103 e. The monoisotopic (exact) mass is 150 g/mol. The molecule has 0 N–H and O–H groups in total. The van der Waals surface area contributed by atoms with Crippen LogP contribution >= 0.6 is 0 Å². The van der Waals surface area contributed by atoms with Crippen molar-refractivity contribution < 1.29 is 0 Å². The van der Waals surface area contributed by atoms with Crippen molar-refractivity contribution in [2.45, 2.75) is 38.5 Å². The number of rotatable bonds is 2. The van der Waals surface area contributed by atoms with Gasteiger partial charge in [-0.25, -0.2) is 0 Å². The van der Waals surface area contributed by atoms with Crippen LogP contribution < -0.4 is 0 Å². The van der Waals surface area contributed by atoms with Gasteiger partial charge in [0.05, 0.1) is 0 Å². The maximum absolute atomic E-state index is 3.77. The summed E-state index contributed by atoms with van der Waals surface area (Å²) in [4.78, 5) is 0. The zero-order chi connectivity index (χ0) is 7.94. The van der Waals surface area contributed by atoms with Gasteiger partial charge >= 0.3 is 0 Å². The summed E-state index contributed by atoms with van der Waals surface area (Å²) < 4.78 is 0. The molecule has 0 aliphatic heterocycles. The van der Waals surface area contributed by atoms with Crippen molar-refractivity contribution in [2.24, 2.45) is 5.92 Å². The van der Waals surface area contributed by atoms with Crippen LogP contribution in [0, 0.1) is 5.92 Å². The van der Waals surface area contributed by atoms with Crippen molar-refractivity contribution >= 4 is 0 Å². The minimum absolute atomic E-state index is 0.785. The minimum atomic E-state index is 0.785. The second kappa shape index (κ2) is 5.17. The molecule has 0 saturated heterocycles. The van der Waals surface area contributed by atoms with E-state index in [1.807, 2.05) is 6.08 Å². The molecular weight excluding hydrogens is 132 g/mol. The molecule has 0 spiro atoms. The first kappa shape index (κ1) is 8.58. The highest BCUT2D eigenvalue weighted by Crippen LogP contribution is 2.19. The van der Waals surface area contributed by atoms with Crippen LogP contribution in [0.5, 0.6) is 0 Å². The van der Waals surface area contributed by atoms with E-state index in [2.05, 4.69) is 18.7 Å². The molecule has 0 amide bonds. The lowest BCUT2D eigenvalue weighted by atomic mass is 9.94. The highest BCUT2D eigenvalue weighted by Gasteiger charge is 2.03. The van der Waals surface area contributed by atoms with Crippen molar-refractivity contribution in [3.63, 3.8) is 0 Å². The maximum Gasteiger partial charge on any atom is -0.0199 e. The molecule has 1 aliphatic carbocycles. The van der Waals surface area contributed by atoms with Crippen LogP contribution in [-0.2, 0) is 0 Å². The lowest BCUT2D eigenvalue weighted by Gasteiger charge is -2.12. The van der Waals surface area contributed by atoms with Crippen molar-refractivity contribution in [1.82, 2.24) is 0 Å². The number of allylic oxidation sites excluding steroid dienone is 3. The Balaban J connectivity index is 2.35. The molecule has 0 aromatic heterocycles. The van der Waals surface area contributed by atoms with Crippen LogP contribution in [-0.4, -0.2) is 0 Å². The van der Waals surface area contributed by atoms with Gasteiger partial charge < -0.3 is 0 Å². The maximum atomic E-state index is 3.77. The fourth-order valence-electron chi connectivity index (χ4n) is 1.64. The Morgan fingerprint density at radius 2 is 2.27 bits per heavy atom. The molecule has 0 aromatic rings. The van der Waals surface area contributed by atoms with Gasteiger partial charge in [-0.2, -0.15) is 0 Å². The molecule has 1 atom stereocenters. The van der Waals surface area contributed by atoms with Crippen molar-refractivity contribution in [1.29, 1.82) is 0 Å². The fraction of sp³-hybridized carbons (Fsp3) is 0.636. The van der Waals surface area contributed by atoms with Gasteiger partial charge in [0.15, 0.2) is 0 Å². The molecular formula is C11H18. The third-order valence-corrected chi connectivity index (χ3v) is 2.32. The average Bonchev–Trinajstić information content (AvgIpc) is 1.94. The van der Waals surface area contributed by atoms with Crippen LogP contribution in [0.1, 0.15) is 38.5 Å². The standard InChI is InChI=1S/C11H18/c1-2-8-11-9-6-4-3-5-7-10-11/h2,6,9,11H,1,3-5,7-8,10H2/b9-6-. The highest BCUT2D eigenvalue weighted by molar-refractivity contribution is 4.92. The van der Waals surface area contributed by atoms with Crippen LogP contribution in [0.4, 0.5) is 0 Å². The Morgan fingerprint density at radius 1 is 1.36 bits per heavy atom. The van der Waals surface area contributed by atoms with E-state index in [9.17, 15) is 0 Å².